The number of carbonyl (C=O) groups is 2. The maximum atomic E-state index is 12.5. The van der Waals surface area contributed by atoms with Crippen molar-refractivity contribution in [3.8, 4) is 0 Å². The van der Waals surface area contributed by atoms with Crippen molar-refractivity contribution in [2.45, 2.75) is 25.4 Å². The van der Waals surface area contributed by atoms with E-state index in [4.69, 9.17) is 0 Å². The number of rotatable bonds is 6. The quantitative estimate of drug-likeness (QED) is 0.848. The summed E-state index contributed by atoms with van der Waals surface area (Å²) >= 11 is 0. The van der Waals surface area contributed by atoms with E-state index >= 15 is 0 Å². The Morgan fingerprint density at radius 3 is 2.56 bits per heavy atom. The Balaban J connectivity index is 1.42. The lowest BCUT2D eigenvalue weighted by Gasteiger charge is -2.33. The molecule has 0 bridgehead atoms. The number of nitrogens with zero attached hydrogens (tertiary/aromatic N) is 3. The molecule has 2 heterocycles. The first kappa shape index (κ1) is 19.0. The zero-order valence-corrected chi connectivity index (χ0v) is 15.7. The average Bonchev–Trinajstić information content (AvgIpc) is 2.70. The molecule has 0 atom stereocenters. The first-order valence-electron chi connectivity index (χ1n) is 9.33. The van der Waals surface area contributed by atoms with Crippen LogP contribution in [-0.4, -0.2) is 59.3 Å². The Morgan fingerprint density at radius 1 is 1.15 bits per heavy atom. The van der Waals surface area contributed by atoms with E-state index in [0.717, 1.165) is 19.4 Å². The molecule has 142 valence electrons. The summed E-state index contributed by atoms with van der Waals surface area (Å²) < 4.78 is 0. The lowest BCUT2D eigenvalue weighted by atomic mass is 10.0. The van der Waals surface area contributed by atoms with Crippen molar-refractivity contribution in [3.63, 3.8) is 0 Å². The number of hydrogen-bond donors (Lipinski definition) is 1. The second-order valence-corrected chi connectivity index (χ2v) is 7.03. The smallest absolute Gasteiger partial charge is 0.253 e. The molecular formula is C21H26N4O2. The van der Waals surface area contributed by atoms with Gasteiger partial charge in [0.15, 0.2) is 0 Å². The molecule has 3 rings (SSSR count). The third-order valence-electron chi connectivity index (χ3n) is 4.81. The molecule has 1 N–H and O–H groups in total. The van der Waals surface area contributed by atoms with Crippen molar-refractivity contribution in [3.05, 3.63) is 66.0 Å². The first-order valence-corrected chi connectivity index (χ1v) is 9.33. The van der Waals surface area contributed by atoms with Gasteiger partial charge < -0.3 is 10.2 Å². The van der Waals surface area contributed by atoms with Crippen LogP contribution >= 0.6 is 0 Å². The minimum atomic E-state index is -0.101. The molecule has 0 spiro atoms. The molecule has 2 aromatic rings. The van der Waals surface area contributed by atoms with Crippen LogP contribution in [0.5, 0.6) is 0 Å². The summed E-state index contributed by atoms with van der Waals surface area (Å²) in [5.74, 6) is 0.0425. The number of likely N-dealkylation sites (N-methyl/N-ethyl adjacent to an activating group) is 1. The van der Waals surface area contributed by atoms with Crippen LogP contribution in [0, 0.1) is 0 Å². The van der Waals surface area contributed by atoms with Gasteiger partial charge in [0.05, 0.1) is 12.1 Å². The fourth-order valence-corrected chi connectivity index (χ4v) is 3.32. The van der Waals surface area contributed by atoms with E-state index in [1.165, 1.54) is 5.56 Å². The van der Waals surface area contributed by atoms with E-state index in [1.54, 1.807) is 24.5 Å². The van der Waals surface area contributed by atoms with Gasteiger partial charge >= 0.3 is 0 Å². The van der Waals surface area contributed by atoms with E-state index in [1.807, 2.05) is 35.0 Å². The van der Waals surface area contributed by atoms with Crippen LogP contribution in [0.2, 0.25) is 0 Å². The summed E-state index contributed by atoms with van der Waals surface area (Å²) in [6.45, 7) is 2.51. The number of aromatic nitrogens is 1. The van der Waals surface area contributed by atoms with Crippen LogP contribution in [0.4, 0.5) is 0 Å². The van der Waals surface area contributed by atoms with Crippen LogP contribution < -0.4 is 5.32 Å². The first-order chi connectivity index (χ1) is 13.1. The van der Waals surface area contributed by atoms with Gasteiger partial charge in [0.2, 0.25) is 5.91 Å². The zero-order valence-electron chi connectivity index (χ0n) is 15.7. The molecule has 0 unspecified atom stereocenters. The normalized spacial score (nSPS) is 15.0. The highest BCUT2D eigenvalue weighted by Crippen LogP contribution is 2.12. The average molecular weight is 366 g/mol. The summed E-state index contributed by atoms with van der Waals surface area (Å²) in [5.41, 5.74) is 1.77. The van der Waals surface area contributed by atoms with Crippen LogP contribution in [0.15, 0.2) is 54.9 Å². The Hall–Kier alpha value is -2.73. The molecule has 0 radical (unpaired) electrons. The van der Waals surface area contributed by atoms with E-state index in [0.29, 0.717) is 25.2 Å². The van der Waals surface area contributed by atoms with Crippen molar-refractivity contribution >= 4 is 11.8 Å². The number of amides is 2. The van der Waals surface area contributed by atoms with Gasteiger partial charge in [-0.15, -0.1) is 0 Å². The van der Waals surface area contributed by atoms with Crippen LogP contribution in [0.25, 0.3) is 0 Å². The maximum Gasteiger partial charge on any atom is 0.253 e. The predicted octanol–water partition coefficient (Wildman–Crippen LogP) is 1.93. The van der Waals surface area contributed by atoms with Crippen molar-refractivity contribution < 1.29 is 9.59 Å². The summed E-state index contributed by atoms with van der Waals surface area (Å²) in [7, 11) is 1.96. The minimum absolute atomic E-state index is 0.101. The molecule has 0 saturated carbocycles. The fraction of sp³-hybridized carbons (Fsp3) is 0.381. The Kier molecular flexibility index (Phi) is 6.54. The van der Waals surface area contributed by atoms with Crippen LogP contribution in [-0.2, 0) is 11.3 Å². The summed E-state index contributed by atoms with van der Waals surface area (Å²) in [4.78, 5) is 32.7. The molecule has 2 amide bonds. The van der Waals surface area contributed by atoms with Gasteiger partial charge in [-0.05, 0) is 37.6 Å². The minimum Gasteiger partial charge on any atom is -0.349 e. The van der Waals surface area contributed by atoms with Gasteiger partial charge in [0, 0.05) is 38.1 Å². The fourth-order valence-electron chi connectivity index (χ4n) is 3.32. The SMILES string of the molecule is CN(CC(=O)N1CCC(NC(=O)c2cccnc2)CC1)Cc1ccccc1. The van der Waals surface area contributed by atoms with Crippen molar-refractivity contribution in [2.75, 3.05) is 26.7 Å². The largest absolute Gasteiger partial charge is 0.349 e. The number of likely N-dealkylation sites (tertiary alicyclic amines) is 1. The number of benzene rings is 1. The van der Waals surface area contributed by atoms with Gasteiger partial charge in [-0.3, -0.25) is 19.5 Å². The molecule has 6 nitrogen and oxygen atoms in total. The van der Waals surface area contributed by atoms with Gasteiger partial charge in [0.1, 0.15) is 0 Å². The summed E-state index contributed by atoms with van der Waals surface area (Å²) in [6.07, 6.45) is 4.77. The zero-order chi connectivity index (χ0) is 19.1. The molecule has 1 saturated heterocycles. The molecule has 1 aliphatic heterocycles. The number of pyridine rings is 1. The predicted molar refractivity (Wildman–Crippen MR) is 104 cm³/mol. The third kappa shape index (κ3) is 5.62. The van der Waals surface area contributed by atoms with Crippen molar-refractivity contribution in [1.82, 2.24) is 20.1 Å². The highest BCUT2D eigenvalue weighted by Gasteiger charge is 2.24. The molecule has 1 aromatic heterocycles. The van der Waals surface area contributed by atoms with E-state index in [-0.39, 0.29) is 17.9 Å². The molecule has 0 aliphatic carbocycles. The number of nitrogens with one attached hydrogen (secondary N) is 1. The Labute approximate surface area is 160 Å². The lowest BCUT2D eigenvalue weighted by Crippen LogP contribution is -2.48. The number of piperidine rings is 1. The molecular weight excluding hydrogens is 340 g/mol. The van der Waals surface area contributed by atoms with Crippen molar-refractivity contribution in [1.29, 1.82) is 0 Å². The topological polar surface area (TPSA) is 65.5 Å². The van der Waals surface area contributed by atoms with E-state index in [2.05, 4.69) is 22.4 Å². The van der Waals surface area contributed by atoms with Crippen LogP contribution in [0.1, 0.15) is 28.8 Å². The molecule has 1 aliphatic rings. The monoisotopic (exact) mass is 366 g/mol. The number of carbonyl (C=O) groups excluding carboxylic acids is 2. The summed E-state index contributed by atoms with van der Waals surface area (Å²) in [6, 6.07) is 13.8. The standard InChI is InChI=1S/C21H26N4O2/c1-24(15-17-6-3-2-4-7-17)16-20(26)25-12-9-19(10-13-25)23-21(27)18-8-5-11-22-14-18/h2-8,11,14,19H,9-10,12-13,15-16H2,1H3,(H,23,27). The highest BCUT2D eigenvalue weighted by molar-refractivity contribution is 5.94. The lowest BCUT2D eigenvalue weighted by molar-refractivity contribution is -0.133. The van der Waals surface area contributed by atoms with Crippen molar-refractivity contribution in [2.24, 2.45) is 0 Å². The van der Waals surface area contributed by atoms with E-state index < -0.39 is 0 Å². The highest BCUT2D eigenvalue weighted by atomic mass is 16.2. The van der Waals surface area contributed by atoms with Gasteiger partial charge in [-0.25, -0.2) is 0 Å². The Bertz CT molecular complexity index is 743. The Morgan fingerprint density at radius 2 is 1.89 bits per heavy atom. The van der Waals surface area contributed by atoms with Crippen LogP contribution in [0.3, 0.4) is 0 Å². The number of hydrogen-bond acceptors (Lipinski definition) is 4. The maximum absolute atomic E-state index is 12.5. The van der Waals surface area contributed by atoms with E-state index in [9.17, 15) is 9.59 Å². The summed E-state index contributed by atoms with van der Waals surface area (Å²) in [5, 5.41) is 3.04. The molecule has 27 heavy (non-hydrogen) atoms. The van der Waals surface area contributed by atoms with Gasteiger partial charge in [-0.2, -0.15) is 0 Å². The van der Waals surface area contributed by atoms with Gasteiger partial charge in [-0.1, -0.05) is 30.3 Å². The van der Waals surface area contributed by atoms with Gasteiger partial charge in [0.25, 0.3) is 5.91 Å². The molecule has 1 fully saturated rings. The third-order valence-corrected chi connectivity index (χ3v) is 4.81. The molecule has 1 aromatic carbocycles. The molecule has 6 heteroatoms. The second-order valence-electron chi connectivity index (χ2n) is 7.03. The second kappa shape index (κ2) is 9.28.